The number of nitrogens with zero attached hydrogens (tertiary/aromatic N) is 2. The van der Waals surface area contributed by atoms with E-state index in [0.717, 1.165) is 46.7 Å². The molecule has 10 heteroatoms. The van der Waals surface area contributed by atoms with Crippen LogP contribution in [0.1, 0.15) is 55.7 Å². The van der Waals surface area contributed by atoms with Gasteiger partial charge in [0.05, 0.1) is 17.7 Å². The second-order valence-corrected chi connectivity index (χ2v) is 13.4. The van der Waals surface area contributed by atoms with Gasteiger partial charge >= 0.3 is 0 Å². The van der Waals surface area contributed by atoms with Crippen LogP contribution in [0.3, 0.4) is 0 Å². The molecule has 0 bridgehead atoms. The summed E-state index contributed by atoms with van der Waals surface area (Å²) in [6.07, 6.45) is 4.29. The zero-order valence-electron chi connectivity index (χ0n) is 25.2. The molecule has 0 saturated heterocycles. The average molecular weight is 626 g/mol. The lowest BCUT2D eigenvalue weighted by atomic mass is 10.1. The maximum atomic E-state index is 14.3. The smallest absolute Gasteiger partial charge is 0.264 e. The van der Waals surface area contributed by atoms with Gasteiger partial charge in [-0.2, -0.15) is 0 Å². The molecule has 0 aliphatic heterocycles. The number of rotatable bonds is 12. The van der Waals surface area contributed by atoms with Gasteiger partial charge in [0.25, 0.3) is 10.0 Å². The lowest BCUT2D eigenvalue weighted by molar-refractivity contribution is -0.140. The Morgan fingerprint density at radius 1 is 1.00 bits per heavy atom. The number of nitrogens with one attached hydrogen (secondary N) is 1. The van der Waals surface area contributed by atoms with Crippen molar-refractivity contribution in [3.8, 4) is 5.75 Å². The van der Waals surface area contributed by atoms with Crippen LogP contribution in [0.4, 0.5) is 5.69 Å². The third-order valence-corrected chi connectivity index (χ3v) is 9.83. The fraction of sp³-hybridized carbons (Fsp3) is 0.394. The molecule has 1 N–H and O–H groups in total. The number of halogens is 1. The number of aryl methyl sites for hydroxylation is 2. The van der Waals surface area contributed by atoms with Crippen molar-refractivity contribution in [3.63, 3.8) is 0 Å². The van der Waals surface area contributed by atoms with Gasteiger partial charge < -0.3 is 15.0 Å². The van der Waals surface area contributed by atoms with E-state index in [9.17, 15) is 18.0 Å². The minimum atomic E-state index is -4.25. The van der Waals surface area contributed by atoms with E-state index in [4.69, 9.17) is 16.3 Å². The standard InChI is InChI=1S/C33H40ClN3O5S/c1-5-29(33(39)35-27-11-6-7-12-27)36(21-25-10-8-9-24(3)19-25)32(38)22-37(30-20-26(34)15-18-31(30)42-4)43(40,41)28-16-13-23(2)14-17-28/h8-10,13-20,27,29H,5-7,11-12,21-22H2,1-4H3,(H,35,39)/t29-/m0/s1. The number of carbonyl (C=O) groups is 2. The van der Waals surface area contributed by atoms with Crippen LogP contribution in [0.25, 0.3) is 0 Å². The zero-order valence-corrected chi connectivity index (χ0v) is 26.7. The summed E-state index contributed by atoms with van der Waals surface area (Å²) in [5.74, 6) is -0.513. The van der Waals surface area contributed by atoms with Crippen molar-refractivity contribution < 1.29 is 22.7 Å². The molecule has 0 radical (unpaired) electrons. The van der Waals surface area contributed by atoms with E-state index in [1.807, 2.05) is 45.0 Å². The number of amides is 2. The monoisotopic (exact) mass is 625 g/mol. The highest BCUT2D eigenvalue weighted by Gasteiger charge is 2.35. The molecule has 1 atom stereocenters. The van der Waals surface area contributed by atoms with E-state index in [0.29, 0.717) is 6.42 Å². The number of hydrogen-bond donors (Lipinski definition) is 1. The summed E-state index contributed by atoms with van der Waals surface area (Å²) in [6, 6.07) is 18.0. The first-order valence-electron chi connectivity index (χ1n) is 14.6. The quantitative estimate of drug-likeness (QED) is 0.265. The van der Waals surface area contributed by atoms with Gasteiger partial charge in [-0.25, -0.2) is 8.42 Å². The van der Waals surface area contributed by atoms with E-state index in [1.165, 1.54) is 30.2 Å². The molecule has 0 spiro atoms. The lowest BCUT2D eigenvalue weighted by Crippen LogP contribution is -2.53. The first-order chi connectivity index (χ1) is 20.5. The summed E-state index contributed by atoms with van der Waals surface area (Å²) in [5.41, 5.74) is 2.88. The van der Waals surface area contributed by atoms with Crippen LogP contribution in [-0.2, 0) is 26.2 Å². The average Bonchev–Trinajstić information content (AvgIpc) is 3.49. The summed E-state index contributed by atoms with van der Waals surface area (Å²) in [7, 11) is -2.83. The van der Waals surface area contributed by atoms with Gasteiger partial charge in [-0.15, -0.1) is 0 Å². The van der Waals surface area contributed by atoms with Crippen molar-refractivity contribution in [1.29, 1.82) is 0 Å². The first-order valence-corrected chi connectivity index (χ1v) is 16.4. The zero-order chi connectivity index (χ0) is 31.1. The Morgan fingerprint density at radius 3 is 2.33 bits per heavy atom. The Kier molecular flexibility index (Phi) is 10.7. The predicted octanol–water partition coefficient (Wildman–Crippen LogP) is 6.03. The summed E-state index contributed by atoms with van der Waals surface area (Å²) in [5, 5.41) is 3.42. The molecule has 1 saturated carbocycles. The number of anilines is 1. The molecule has 2 amide bonds. The van der Waals surface area contributed by atoms with Crippen LogP contribution in [0.5, 0.6) is 5.75 Å². The predicted molar refractivity (Wildman–Crippen MR) is 170 cm³/mol. The van der Waals surface area contributed by atoms with E-state index in [-0.39, 0.29) is 39.8 Å². The number of hydrogen-bond acceptors (Lipinski definition) is 5. The number of ether oxygens (including phenoxy) is 1. The fourth-order valence-electron chi connectivity index (χ4n) is 5.50. The number of methoxy groups -OCH3 is 1. The van der Waals surface area contributed by atoms with Gasteiger partial charge in [-0.05, 0) is 69.0 Å². The van der Waals surface area contributed by atoms with Gasteiger partial charge in [0, 0.05) is 17.6 Å². The van der Waals surface area contributed by atoms with Crippen molar-refractivity contribution >= 4 is 39.1 Å². The minimum absolute atomic E-state index is 0.0178. The molecular weight excluding hydrogens is 586 g/mol. The highest BCUT2D eigenvalue weighted by molar-refractivity contribution is 7.92. The van der Waals surface area contributed by atoms with Gasteiger partial charge in [0.1, 0.15) is 18.3 Å². The second kappa shape index (κ2) is 14.3. The Morgan fingerprint density at radius 2 is 1.70 bits per heavy atom. The first kappa shape index (κ1) is 32.4. The molecule has 0 heterocycles. The Hall–Kier alpha value is -3.56. The third kappa shape index (κ3) is 7.89. The fourth-order valence-corrected chi connectivity index (χ4v) is 7.09. The Balaban J connectivity index is 1.77. The molecule has 4 rings (SSSR count). The van der Waals surface area contributed by atoms with Crippen molar-refractivity contribution in [3.05, 3.63) is 88.4 Å². The highest BCUT2D eigenvalue weighted by atomic mass is 35.5. The highest BCUT2D eigenvalue weighted by Crippen LogP contribution is 2.35. The van der Waals surface area contributed by atoms with Crippen LogP contribution in [0.2, 0.25) is 5.02 Å². The van der Waals surface area contributed by atoms with E-state index in [2.05, 4.69) is 5.32 Å². The third-order valence-electron chi connectivity index (χ3n) is 7.82. The summed E-state index contributed by atoms with van der Waals surface area (Å²) >= 11 is 6.33. The number of carbonyl (C=O) groups excluding carboxylic acids is 2. The lowest BCUT2D eigenvalue weighted by Gasteiger charge is -2.34. The number of sulfonamides is 1. The van der Waals surface area contributed by atoms with Crippen LogP contribution in [0.15, 0.2) is 71.6 Å². The minimum Gasteiger partial charge on any atom is -0.495 e. The molecule has 1 fully saturated rings. The number of benzene rings is 3. The molecule has 0 aromatic heterocycles. The second-order valence-electron chi connectivity index (χ2n) is 11.1. The van der Waals surface area contributed by atoms with Crippen molar-refractivity contribution in [2.75, 3.05) is 18.0 Å². The van der Waals surface area contributed by atoms with Crippen molar-refractivity contribution in [1.82, 2.24) is 10.2 Å². The normalized spacial score (nSPS) is 14.3. The van der Waals surface area contributed by atoms with Crippen LogP contribution < -0.4 is 14.4 Å². The molecule has 0 unspecified atom stereocenters. The van der Waals surface area contributed by atoms with Crippen LogP contribution in [-0.4, -0.2) is 50.9 Å². The topological polar surface area (TPSA) is 96.0 Å². The summed E-state index contributed by atoms with van der Waals surface area (Å²) in [4.78, 5) is 29.5. The Bertz CT molecular complexity index is 1540. The van der Waals surface area contributed by atoms with Crippen molar-refractivity contribution in [2.24, 2.45) is 0 Å². The summed E-state index contributed by atoms with van der Waals surface area (Å²) < 4.78 is 34.9. The molecule has 230 valence electrons. The van der Waals surface area contributed by atoms with Gasteiger partial charge in [-0.1, -0.05) is 78.9 Å². The van der Waals surface area contributed by atoms with Gasteiger partial charge in [0.2, 0.25) is 11.8 Å². The van der Waals surface area contributed by atoms with Crippen LogP contribution in [0, 0.1) is 13.8 Å². The SMILES string of the molecule is CC[C@@H](C(=O)NC1CCCC1)N(Cc1cccc(C)c1)C(=O)CN(c1cc(Cl)ccc1OC)S(=O)(=O)c1ccc(C)cc1. The maximum Gasteiger partial charge on any atom is 0.264 e. The molecule has 43 heavy (non-hydrogen) atoms. The molecule has 8 nitrogen and oxygen atoms in total. The van der Waals surface area contributed by atoms with E-state index < -0.39 is 28.5 Å². The Labute approximate surface area is 260 Å². The van der Waals surface area contributed by atoms with Gasteiger partial charge in [-0.3, -0.25) is 13.9 Å². The van der Waals surface area contributed by atoms with Crippen molar-refractivity contribution in [2.45, 2.75) is 76.4 Å². The maximum absolute atomic E-state index is 14.3. The molecule has 1 aliphatic carbocycles. The molecular formula is C33H40ClN3O5S. The molecule has 3 aromatic carbocycles. The summed E-state index contributed by atoms with van der Waals surface area (Å²) in [6.45, 7) is 5.26. The largest absolute Gasteiger partial charge is 0.495 e. The van der Waals surface area contributed by atoms with Gasteiger partial charge in [0.15, 0.2) is 0 Å². The van der Waals surface area contributed by atoms with Crippen LogP contribution >= 0.6 is 11.6 Å². The van der Waals surface area contributed by atoms with E-state index in [1.54, 1.807) is 24.3 Å². The van der Waals surface area contributed by atoms with E-state index >= 15 is 0 Å². The molecule has 1 aliphatic rings. The molecule has 3 aromatic rings.